The Morgan fingerprint density at radius 1 is 0.966 bits per heavy atom. The van der Waals surface area contributed by atoms with E-state index in [9.17, 15) is 9.59 Å². The van der Waals surface area contributed by atoms with Gasteiger partial charge in [0.15, 0.2) is 0 Å². The van der Waals surface area contributed by atoms with Crippen molar-refractivity contribution in [1.29, 1.82) is 0 Å². The molecule has 29 heavy (non-hydrogen) atoms. The number of nitrogens with one attached hydrogen (secondary N) is 1. The Morgan fingerprint density at radius 3 is 2.31 bits per heavy atom. The summed E-state index contributed by atoms with van der Waals surface area (Å²) in [4.78, 5) is 29.7. The van der Waals surface area contributed by atoms with Gasteiger partial charge in [-0.05, 0) is 63.7 Å². The lowest BCUT2D eigenvalue weighted by Crippen LogP contribution is -2.51. The summed E-state index contributed by atoms with van der Waals surface area (Å²) in [6, 6.07) is 8.07. The van der Waals surface area contributed by atoms with Crippen molar-refractivity contribution in [2.24, 2.45) is 11.8 Å². The quantitative estimate of drug-likeness (QED) is 0.826. The minimum atomic E-state index is 0.0673. The Morgan fingerprint density at radius 2 is 1.69 bits per heavy atom. The topological polar surface area (TPSA) is 61.9 Å². The fourth-order valence-corrected chi connectivity index (χ4v) is 4.84. The summed E-state index contributed by atoms with van der Waals surface area (Å²) in [6.07, 6.45) is 7.33. The van der Waals surface area contributed by atoms with Crippen LogP contribution < -0.4 is 10.1 Å². The highest BCUT2D eigenvalue weighted by Crippen LogP contribution is 2.30. The second-order valence-electron chi connectivity index (χ2n) is 8.72. The Balaban J connectivity index is 1.21. The molecular formula is C23H33N3O3. The van der Waals surface area contributed by atoms with Crippen LogP contribution in [-0.2, 0) is 9.59 Å². The number of nitrogens with zero attached hydrogens (tertiary/aromatic N) is 2. The number of hydrogen-bond donors (Lipinski definition) is 1. The van der Waals surface area contributed by atoms with Gasteiger partial charge in [0.2, 0.25) is 11.8 Å². The van der Waals surface area contributed by atoms with Gasteiger partial charge in [-0.1, -0.05) is 12.5 Å². The highest BCUT2D eigenvalue weighted by atomic mass is 16.5. The van der Waals surface area contributed by atoms with Gasteiger partial charge in [0.05, 0.1) is 7.11 Å². The lowest BCUT2D eigenvalue weighted by Gasteiger charge is -2.42. The number of rotatable bonds is 5. The van der Waals surface area contributed by atoms with E-state index in [4.69, 9.17) is 4.74 Å². The smallest absolute Gasteiger partial charge is 0.227 e. The molecule has 4 rings (SSSR count). The predicted octanol–water partition coefficient (Wildman–Crippen LogP) is 3.14. The molecule has 1 saturated carbocycles. The van der Waals surface area contributed by atoms with Crippen LogP contribution in [0.1, 0.15) is 44.9 Å². The molecule has 1 aliphatic carbocycles. The molecule has 0 aromatic heterocycles. The molecule has 0 unspecified atom stereocenters. The molecule has 1 N–H and O–H groups in total. The van der Waals surface area contributed by atoms with Gasteiger partial charge in [-0.15, -0.1) is 0 Å². The summed E-state index contributed by atoms with van der Waals surface area (Å²) in [5.41, 5.74) is 0.792. The normalized spacial score (nSPS) is 22.2. The maximum atomic E-state index is 12.7. The van der Waals surface area contributed by atoms with Gasteiger partial charge >= 0.3 is 0 Å². The molecule has 2 saturated heterocycles. The first kappa shape index (κ1) is 20.2. The molecule has 0 atom stereocenters. The second-order valence-corrected chi connectivity index (χ2v) is 8.72. The third-order valence-corrected chi connectivity index (χ3v) is 6.98. The molecule has 1 aromatic carbocycles. The maximum absolute atomic E-state index is 12.7. The average Bonchev–Trinajstić information content (AvgIpc) is 2.73. The predicted molar refractivity (Wildman–Crippen MR) is 113 cm³/mol. The Kier molecular flexibility index (Phi) is 6.38. The minimum absolute atomic E-state index is 0.0673. The number of piperidine rings is 2. The number of amides is 2. The zero-order valence-corrected chi connectivity index (χ0v) is 17.4. The Hall–Kier alpha value is -2.08. The lowest BCUT2D eigenvalue weighted by molar-refractivity contribution is -0.140. The van der Waals surface area contributed by atoms with Gasteiger partial charge < -0.3 is 19.9 Å². The number of carbonyl (C=O) groups is 2. The van der Waals surface area contributed by atoms with Crippen molar-refractivity contribution in [1.82, 2.24) is 9.80 Å². The Bertz CT molecular complexity index is 718. The van der Waals surface area contributed by atoms with Gasteiger partial charge in [-0.25, -0.2) is 0 Å². The first-order valence-electron chi connectivity index (χ1n) is 11.1. The molecule has 1 aromatic rings. The third-order valence-electron chi connectivity index (χ3n) is 6.98. The molecular weight excluding hydrogens is 366 g/mol. The third kappa shape index (κ3) is 4.74. The standard InChI is InChI=1S/C23H33N3O3/c1-29-21-7-3-6-19(16-21)24-22(27)17-8-12-25(13-9-17)20-10-14-26(15-11-20)23(28)18-4-2-5-18/h3,6-7,16-18,20H,2,4-5,8-15H2,1H3,(H,24,27). The number of hydrogen-bond acceptors (Lipinski definition) is 4. The van der Waals surface area contributed by atoms with Crippen LogP contribution >= 0.6 is 0 Å². The molecule has 3 aliphatic rings. The molecule has 2 aliphatic heterocycles. The van der Waals surface area contributed by atoms with E-state index in [0.29, 0.717) is 17.9 Å². The average molecular weight is 400 g/mol. The number of methoxy groups -OCH3 is 1. The van der Waals surface area contributed by atoms with Crippen LogP contribution in [-0.4, -0.2) is 60.9 Å². The SMILES string of the molecule is COc1cccc(NC(=O)C2CCN(C3CCN(C(=O)C4CCC4)CC3)CC2)c1. The van der Waals surface area contributed by atoms with Crippen LogP contribution in [0.5, 0.6) is 5.75 Å². The summed E-state index contributed by atoms with van der Waals surface area (Å²) in [5.74, 6) is 1.63. The van der Waals surface area contributed by atoms with Crippen LogP contribution in [0.4, 0.5) is 5.69 Å². The number of benzene rings is 1. The molecule has 2 amide bonds. The van der Waals surface area contributed by atoms with Crippen molar-refractivity contribution in [3.63, 3.8) is 0 Å². The van der Waals surface area contributed by atoms with Crippen molar-refractivity contribution in [3.05, 3.63) is 24.3 Å². The van der Waals surface area contributed by atoms with E-state index in [1.54, 1.807) is 7.11 Å². The first-order chi connectivity index (χ1) is 14.1. The second kappa shape index (κ2) is 9.16. The van der Waals surface area contributed by atoms with Crippen molar-refractivity contribution in [2.75, 3.05) is 38.6 Å². The molecule has 158 valence electrons. The van der Waals surface area contributed by atoms with Gasteiger partial charge in [0.25, 0.3) is 0 Å². The zero-order valence-electron chi connectivity index (χ0n) is 17.4. The van der Waals surface area contributed by atoms with Gasteiger partial charge in [0, 0.05) is 42.7 Å². The highest BCUT2D eigenvalue weighted by Gasteiger charge is 2.34. The molecule has 0 spiro atoms. The van der Waals surface area contributed by atoms with Crippen molar-refractivity contribution in [2.45, 2.75) is 51.0 Å². The number of anilines is 1. The molecule has 2 heterocycles. The van der Waals surface area contributed by atoms with E-state index >= 15 is 0 Å². The van der Waals surface area contributed by atoms with Gasteiger partial charge in [0.1, 0.15) is 5.75 Å². The summed E-state index contributed by atoms with van der Waals surface area (Å²) < 4.78 is 5.23. The molecule has 6 nitrogen and oxygen atoms in total. The summed E-state index contributed by atoms with van der Waals surface area (Å²) in [7, 11) is 1.63. The lowest BCUT2D eigenvalue weighted by atomic mass is 9.84. The number of likely N-dealkylation sites (tertiary alicyclic amines) is 2. The summed E-state index contributed by atoms with van der Waals surface area (Å²) >= 11 is 0. The first-order valence-corrected chi connectivity index (χ1v) is 11.1. The van der Waals surface area contributed by atoms with Crippen molar-refractivity contribution in [3.8, 4) is 5.75 Å². The van der Waals surface area contributed by atoms with Crippen molar-refractivity contribution >= 4 is 17.5 Å². The summed E-state index contributed by atoms with van der Waals surface area (Å²) in [6.45, 7) is 3.74. The minimum Gasteiger partial charge on any atom is -0.497 e. The molecule has 6 heteroatoms. The van der Waals surface area contributed by atoms with Crippen LogP contribution in [0.2, 0.25) is 0 Å². The van der Waals surface area contributed by atoms with Crippen molar-refractivity contribution < 1.29 is 14.3 Å². The van der Waals surface area contributed by atoms with E-state index in [0.717, 1.165) is 76.1 Å². The zero-order chi connectivity index (χ0) is 20.2. The van der Waals surface area contributed by atoms with E-state index in [-0.39, 0.29) is 11.8 Å². The monoisotopic (exact) mass is 399 g/mol. The largest absolute Gasteiger partial charge is 0.497 e. The fourth-order valence-electron chi connectivity index (χ4n) is 4.84. The van der Waals surface area contributed by atoms with Crippen LogP contribution in [0.25, 0.3) is 0 Å². The van der Waals surface area contributed by atoms with E-state index in [1.165, 1.54) is 6.42 Å². The molecule has 0 bridgehead atoms. The summed E-state index contributed by atoms with van der Waals surface area (Å²) in [5, 5.41) is 3.04. The highest BCUT2D eigenvalue weighted by molar-refractivity contribution is 5.92. The Labute approximate surface area is 173 Å². The fraction of sp³-hybridized carbons (Fsp3) is 0.652. The van der Waals surface area contributed by atoms with E-state index < -0.39 is 0 Å². The van der Waals surface area contributed by atoms with Crippen LogP contribution in [0.15, 0.2) is 24.3 Å². The van der Waals surface area contributed by atoms with E-state index in [1.807, 2.05) is 24.3 Å². The maximum Gasteiger partial charge on any atom is 0.227 e. The molecule has 3 fully saturated rings. The van der Waals surface area contributed by atoms with Crippen LogP contribution in [0.3, 0.4) is 0 Å². The number of carbonyl (C=O) groups excluding carboxylic acids is 2. The van der Waals surface area contributed by atoms with Gasteiger partial charge in [-0.3, -0.25) is 9.59 Å². The molecule has 0 radical (unpaired) electrons. The van der Waals surface area contributed by atoms with E-state index in [2.05, 4.69) is 15.1 Å². The van der Waals surface area contributed by atoms with Crippen LogP contribution in [0, 0.1) is 11.8 Å². The van der Waals surface area contributed by atoms with Gasteiger partial charge in [-0.2, -0.15) is 0 Å². The number of ether oxygens (including phenoxy) is 1.